The SMILES string of the molecule is CCCCCCC1CC(=O)N[C@@H](Cc2ccccc2)C(=O)N[C@@H](C)C(=O)NC(CC(C)C)C(=O)O1. The summed E-state index contributed by atoms with van der Waals surface area (Å²) in [5.74, 6) is -1.68. The van der Waals surface area contributed by atoms with E-state index >= 15 is 0 Å². The van der Waals surface area contributed by atoms with Crippen molar-refractivity contribution >= 4 is 23.7 Å². The monoisotopic (exact) mass is 487 g/mol. The van der Waals surface area contributed by atoms with Crippen molar-refractivity contribution in [3.05, 3.63) is 35.9 Å². The highest BCUT2D eigenvalue weighted by Crippen LogP contribution is 2.16. The summed E-state index contributed by atoms with van der Waals surface area (Å²) in [4.78, 5) is 51.9. The summed E-state index contributed by atoms with van der Waals surface area (Å²) >= 11 is 0. The van der Waals surface area contributed by atoms with E-state index in [-0.39, 0.29) is 24.7 Å². The van der Waals surface area contributed by atoms with Crippen LogP contribution in [0.25, 0.3) is 0 Å². The normalized spacial score (nSPS) is 24.4. The van der Waals surface area contributed by atoms with Crippen LogP contribution in [0.1, 0.15) is 78.2 Å². The van der Waals surface area contributed by atoms with Gasteiger partial charge in [-0.15, -0.1) is 0 Å². The van der Waals surface area contributed by atoms with Crippen LogP contribution in [0.15, 0.2) is 30.3 Å². The Morgan fingerprint density at radius 2 is 1.63 bits per heavy atom. The second-order valence-corrected chi connectivity index (χ2v) is 9.84. The summed E-state index contributed by atoms with van der Waals surface area (Å²) in [5.41, 5.74) is 0.883. The number of unbranched alkanes of at least 4 members (excludes halogenated alkanes) is 3. The Kier molecular flexibility index (Phi) is 11.7. The first kappa shape index (κ1) is 28.3. The zero-order valence-electron chi connectivity index (χ0n) is 21.5. The summed E-state index contributed by atoms with van der Waals surface area (Å²) in [7, 11) is 0. The van der Waals surface area contributed by atoms with Crippen LogP contribution >= 0.6 is 0 Å². The first-order chi connectivity index (χ1) is 16.7. The van der Waals surface area contributed by atoms with E-state index in [0.717, 1.165) is 31.2 Å². The van der Waals surface area contributed by atoms with Crippen LogP contribution in [-0.4, -0.2) is 47.9 Å². The summed E-state index contributed by atoms with van der Waals surface area (Å²) in [6.07, 6.45) is 4.52. The average Bonchev–Trinajstić information content (AvgIpc) is 2.80. The third kappa shape index (κ3) is 10.1. The maximum Gasteiger partial charge on any atom is 0.328 e. The van der Waals surface area contributed by atoms with Crippen LogP contribution in [0, 0.1) is 5.92 Å². The van der Waals surface area contributed by atoms with Crippen molar-refractivity contribution in [3.8, 4) is 0 Å². The van der Waals surface area contributed by atoms with Crippen molar-refractivity contribution in [1.82, 2.24) is 16.0 Å². The van der Waals surface area contributed by atoms with E-state index in [0.29, 0.717) is 12.8 Å². The number of carbonyl (C=O) groups is 4. The van der Waals surface area contributed by atoms with Crippen LogP contribution in [-0.2, 0) is 30.3 Å². The first-order valence-electron chi connectivity index (χ1n) is 12.8. The van der Waals surface area contributed by atoms with Gasteiger partial charge >= 0.3 is 5.97 Å². The number of hydrogen-bond donors (Lipinski definition) is 3. The molecule has 4 atom stereocenters. The van der Waals surface area contributed by atoms with Crippen molar-refractivity contribution in [1.29, 1.82) is 0 Å². The lowest BCUT2D eigenvalue weighted by Gasteiger charge is -2.24. The smallest absolute Gasteiger partial charge is 0.328 e. The topological polar surface area (TPSA) is 114 Å². The van der Waals surface area contributed by atoms with Crippen LogP contribution in [0.3, 0.4) is 0 Å². The fourth-order valence-corrected chi connectivity index (χ4v) is 4.13. The second kappa shape index (κ2) is 14.5. The van der Waals surface area contributed by atoms with Crippen molar-refractivity contribution in [2.45, 2.75) is 103 Å². The van der Waals surface area contributed by atoms with Gasteiger partial charge < -0.3 is 20.7 Å². The van der Waals surface area contributed by atoms with E-state index < -0.39 is 42.0 Å². The summed E-state index contributed by atoms with van der Waals surface area (Å²) in [6.45, 7) is 7.58. The zero-order chi connectivity index (χ0) is 25.8. The molecule has 0 spiro atoms. The molecule has 0 bridgehead atoms. The largest absolute Gasteiger partial charge is 0.460 e. The summed E-state index contributed by atoms with van der Waals surface area (Å²) < 4.78 is 5.77. The van der Waals surface area contributed by atoms with Gasteiger partial charge in [-0.2, -0.15) is 0 Å². The van der Waals surface area contributed by atoms with Crippen LogP contribution in [0.2, 0.25) is 0 Å². The Balaban J connectivity index is 2.28. The van der Waals surface area contributed by atoms with Gasteiger partial charge in [0.15, 0.2) is 0 Å². The minimum atomic E-state index is -0.884. The predicted molar refractivity (Wildman–Crippen MR) is 134 cm³/mol. The van der Waals surface area contributed by atoms with Crippen molar-refractivity contribution in [3.63, 3.8) is 0 Å². The van der Waals surface area contributed by atoms with Crippen molar-refractivity contribution < 1.29 is 23.9 Å². The fraction of sp³-hybridized carbons (Fsp3) is 0.630. The molecule has 1 aliphatic heterocycles. The van der Waals surface area contributed by atoms with E-state index in [2.05, 4.69) is 22.9 Å². The molecule has 3 N–H and O–H groups in total. The highest BCUT2D eigenvalue weighted by atomic mass is 16.5. The molecule has 35 heavy (non-hydrogen) atoms. The Labute approximate surface area is 208 Å². The fourth-order valence-electron chi connectivity index (χ4n) is 4.13. The number of rotatable bonds is 9. The van der Waals surface area contributed by atoms with Crippen LogP contribution < -0.4 is 16.0 Å². The van der Waals surface area contributed by atoms with E-state index in [1.165, 1.54) is 0 Å². The Morgan fingerprint density at radius 3 is 2.29 bits per heavy atom. The first-order valence-corrected chi connectivity index (χ1v) is 12.8. The highest BCUT2D eigenvalue weighted by Gasteiger charge is 2.32. The molecule has 0 saturated carbocycles. The van der Waals surface area contributed by atoms with Gasteiger partial charge in [0, 0.05) is 6.42 Å². The minimum absolute atomic E-state index is 0.0334. The molecule has 1 fully saturated rings. The quantitative estimate of drug-likeness (QED) is 0.366. The molecule has 1 aromatic rings. The van der Waals surface area contributed by atoms with Crippen LogP contribution in [0.5, 0.6) is 0 Å². The molecule has 1 heterocycles. The number of ether oxygens (including phenoxy) is 1. The van der Waals surface area contributed by atoms with Gasteiger partial charge in [-0.05, 0) is 37.7 Å². The second-order valence-electron chi connectivity index (χ2n) is 9.84. The Morgan fingerprint density at radius 1 is 0.914 bits per heavy atom. The van der Waals surface area contributed by atoms with Gasteiger partial charge in [0.25, 0.3) is 0 Å². The molecule has 1 aliphatic rings. The molecular weight excluding hydrogens is 446 g/mol. The molecule has 2 rings (SSSR count). The van der Waals surface area contributed by atoms with Gasteiger partial charge in [-0.3, -0.25) is 14.4 Å². The molecule has 1 aromatic carbocycles. The van der Waals surface area contributed by atoms with E-state index in [1.807, 2.05) is 44.2 Å². The van der Waals surface area contributed by atoms with Crippen LogP contribution in [0.4, 0.5) is 0 Å². The standard InChI is InChI=1S/C27H41N3O5/c1-5-6-7-11-14-21-17-24(31)29-22(16-20-12-9-8-10-13-20)26(33)28-19(4)25(32)30-23(15-18(2)3)27(34)35-21/h8-10,12-13,18-19,21-23H,5-7,11,14-17H2,1-4H3,(H,28,33)(H,29,31)(H,30,32)/t19-,21?,22-,23?/m0/s1. The number of amides is 3. The molecule has 1 saturated heterocycles. The van der Waals surface area contributed by atoms with E-state index in [4.69, 9.17) is 4.74 Å². The number of benzene rings is 1. The number of hydrogen-bond acceptors (Lipinski definition) is 5. The lowest BCUT2D eigenvalue weighted by Crippen LogP contribution is -2.55. The molecule has 8 nitrogen and oxygen atoms in total. The lowest BCUT2D eigenvalue weighted by molar-refractivity contribution is -0.155. The molecule has 8 heteroatoms. The molecule has 0 radical (unpaired) electrons. The average molecular weight is 488 g/mol. The predicted octanol–water partition coefficient (Wildman–Crippen LogP) is 3.04. The molecular formula is C27H41N3O5. The van der Waals surface area contributed by atoms with Gasteiger partial charge in [0.1, 0.15) is 24.2 Å². The number of nitrogens with one attached hydrogen (secondary N) is 3. The Hall–Kier alpha value is -2.90. The van der Waals surface area contributed by atoms with E-state index in [9.17, 15) is 19.2 Å². The zero-order valence-corrected chi connectivity index (χ0v) is 21.5. The Bertz CT molecular complexity index is 842. The maximum absolute atomic E-state index is 13.1. The van der Waals surface area contributed by atoms with Crippen molar-refractivity contribution in [2.24, 2.45) is 5.92 Å². The minimum Gasteiger partial charge on any atom is -0.460 e. The molecule has 0 aliphatic carbocycles. The number of carbonyl (C=O) groups excluding carboxylic acids is 4. The lowest BCUT2D eigenvalue weighted by atomic mass is 10.0. The molecule has 2 unspecified atom stereocenters. The maximum atomic E-state index is 13.1. The molecule has 194 valence electrons. The number of cyclic esters (lactones) is 1. The third-order valence-corrected chi connectivity index (χ3v) is 6.07. The van der Waals surface area contributed by atoms with Crippen molar-refractivity contribution in [2.75, 3.05) is 0 Å². The summed E-state index contributed by atoms with van der Waals surface area (Å²) in [6, 6.07) is 6.79. The van der Waals surface area contributed by atoms with Gasteiger partial charge in [0.05, 0.1) is 6.42 Å². The molecule has 0 aromatic heterocycles. The van der Waals surface area contributed by atoms with E-state index in [1.54, 1.807) is 6.92 Å². The van der Waals surface area contributed by atoms with Gasteiger partial charge in [-0.25, -0.2) is 4.79 Å². The molecule has 3 amide bonds. The van der Waals surface area contributed by atoms with Gasteiger partial charge in [-0.1, -0.05) is 70.4 Å². The van der Waals surface area contributed by atoms with Gasteiger partial charge in [0.2, 0.25) is 17.7 Å². The number of esters is 1. The third-order valence-electron chi connectivity index (χ3n) is 6.07. The highest BCUT2D eigenvalue weighted by molar-refractivity contribution is 5.94. The summed E-state index contributed by atoms with van der Waals surface area (Å²) in [5, 5.41) is 8.24.